The lowest BCUT2D eigenvalue weighted by Crippen LogP contribution is -2.30. The Morgan fingerprint density at radius 3 is 1.66 bits per heavy atom. The predicted octanol–water partition coefficient (Wildman–Crippen LogP) is 6.69. The van der Waals surface area contributed by atoms with Gasteiger partial charge in [0.25, 0.3) is 0 Å². The van der Waals surface area contributed by atoms with Crippen LogP contribution in [0.15, 0.2) is 12.1 Å². The molecule has 10 nitrogen and oxygen atoms in total. The molecule has 1 aromatic carbocycles. The minimum atomic E-state index is -4.32. The summed E-state index contributed by atoms with van der Waals surface area (Å²) in [5.74, 6) is -2.97. The van der Waals surface area contributed by atoms with Gasteiger partial charge in [0, 0.05) is 11.0 Å². The molecule has 0 aliphatic heterocycles. The van der Waals surface area contributed by atoms with Crippen LogP contribution >= 0.6 is 7.82 Å². The Morgan fingerprint density at radius 1 is 0.816 bits per heavy atom. The summed E-state index contributed by atoms with van der Waals surface area (Å²) in [5, 5.41) is 9.62. The molecular formula is C27H43O10P. The fourth-order valence-electron chi connectivity index (χ4n) is 3.51. The molecule has 0 bridgehead atoms. The lowest BCUT2D eigenvalue weighted by Gasteiger charge is -2.31. The van der Waals surface area contributed by atoms with Crippen molar-refractivity contribution in [2.45, 2.75) is 118 Å². The average molecular weight is 559 g/mol. The Hall–Kier alpha value is -2.42. The van der Waals surface area contributed by atoms with Gasteiger partial charge in [-0.2, -0.15) is 0 Å². The molecule has 1 N–H and O–H groups in total. The summed E-state index contributed by atoms with van der Waals surface area (Å²) in [5.41, 5.74) is -3.17. The van der Waals surface area contributed by atoms with Gasteiger partial charge in [0.15, 0.2) is 0 Å². The Labute approximate surface area is 225 Å². The third-order valence-electron chi connectivity index (χ3n) is 4.52. The second-order valence-electron chi connectivity index (χ2n) is 12.2. The summed E-state index contributed by atoms with van der Waals surface area (Å²) in [6.45, 7) is 19.8. The van der Waals surface area contributed by atoms with Crippen molar-refractivity contribution in [1.82, 2.24) is 0 Å². The van der Waals surface area contributed by atoms with E-state index < -0.39 is 61.0 Å². The number of phosphoric ester groups is 1. The third-order valence-corrected chi connectivity index (χ3v) is 6.30. The number of ether oxygens (including phenoxy) is 2. The van der Waals surface area contributed by atoms with Gasteiger partial charge in [-0.05, 0) is 81.4 Å². The molecule has 0 amide bonds. The topological polar surface area (TPSA) is 135 Å². The number of benzene rings is 1. The molecule has 0 aromatic heterocycles. The third kappa shape index (κ3) is 10.8. The molecule has 216 valence electrons. The molecule has 1 rings (SSSR count). The largest absolute Gasteiger partial charge is 0.530 e. The first-order chi connectivity index (χ1) is 16.9. The van der Waals surface area contributed by atoms with Crippen LogP contribution in [0.4, 0.5) is 0 Å². The molecular weight excluding hydrogens is 515 g/mol. The number of carboxylic acid groups (broad SMARTS) is 1. The normalized spacial score (nSPS) is 13.0. The summed E-state index contributed by atoms with van der Waals surface area (Å²) in [6, 6.07) is 2.52. The van der Waals surface area contributed by atoms with Crippen molar-refractivity contribution in [3.63, 3.8) is 0 Å². The minimum Gasteiger partial charge on any atom is -0.481 e. The molecule has 0 saturated heterocycles. The maximum atomic E-state index is 13.7. The van der Waals surface area contributed by atoms with E-state index in [9.17, 15) is 24.1 Å². The van der Waals surface area contributed by atoms with E-state index in [1.54, 1.807) is 83.1 Å². The summed E-state index contributed by atoms with van der Waals surface area (Å²) in [7, 11) is -4.32. The molecule has 0 atom stereocenters. The van der Waals surface area contributed by atoms with Gasteiger partial charge in [-0.3, -0.25) is 13.8 Å². The van der Waals surface area contributed by atoms with E-state index in [-0.39, 0.29) is 22.4 Å². The number of carbonyl (C=O) groups excluding carboxylic acids is 2. The summed E-state index contributed by atoms with van der Waals surface area (Å²) < 4.78 is 41.7. The molecule has 0 saturated carbocycles. The maximum Gasteiger partial charge on any atom is 0.530 e. The number of hydrogen-bond donors (Lipinski definition) is 1. The first kappa shape index (κ1) is 33.6. The number of esters is 2. The van der Waals surface area contributed by atoms with Crippen LogP contribution < -0.4 is 4.52 Å². The Kier molecular flexibility index (Phi) is 10.8. The number of rotatable bonds is 11. The van der Waals surface area contributed by atoms with Crippen LogP contribution in [0.1, 0.15) is 116 Å². The van der Waals surface area contributed by atoms with Crippen LogP contribution in [0.5, 0.6) is 5.75 Å². The number of hydrogen-bond acceptors (Lipinski definition) is 9. The van der Waals surface area contributed by atoms with Gasteiger partial charge in [-0.1, -0.05) is 13.8 Å². The van der Waals surface area contributed by atoms with Crippen LogP contribution in [0.25, 0.3) is 0 Å². The molecule has 0 unspecified atom stereocenters. The van der Waals surface area contributed by atoms with E-state index in [2.05, 4.69) is 0 Å². The quantitative estimate of drug-likeness (QED) is 0.231. The van der Waals surface area contributed by atoms with Crippen molar-refractivity contribution in [3.8, 4) is 5.75 Å². The van der Waals surface area contributed by atoms with Crippen LogP contribution in [-0.4, -0.2) is 46.4 Å². The fourth-order valence-corrected chi connectivity index (χ4v) is 5.06. The summed E-state index contributed by atoms with van der Waals surface area (Å²) >= 11 is 0. The Balaban J connectivity index is 4.08. The highest BCUT2D eigenvalue weighted by Crippen LogP contribution is 2.54. The molecule has 0 radical (unpaired) electrons. The Morgan fingerprint density at radius 2 is 1.26 bits per heavy atom. The summed E-state index contributed by atoms with van der Waals surface area (Å²) in [6.07, 6.45) is -1.57. The van der Waals surface area contributed by atoms with Gasteiger partial charge in [0.1, 0.15) is 17.0 Å². The van der Waals surface area contributed by atoms with Crippen LogP contribution in [0, 0.1) is 0 Å². The van der Waals surface area contributed by atoms with E-state index in [1.165, 1.54) is 12.1 Å². The van der Waals surface area contributed by atoms with Gasteiger partial charge in [-0.15, -0.1) is 0 Å². The second kappa shape index (κ2) is 12.2. The van der Waals surface area contributed by atoms with Crippen molar-refractivity contribution < 1.29 is 47.1 Å². The lowest BCUT2D eigenvalue weighted by molar-refractivity contribution is -0.138. The first-order valence-corrected chi connectivity index (χ1v) is 13.9. The maximum absolute atomic E-state index is 13.7. The fraction of sp³-hybridized carbons (Fsp3) is 0.667. The van der Waals surface area contributed by atoms with Gasteiger partial charge < -0.3 is 19.1 Å². The van der Waals surface area contributed by atoms with Crippen molar-refractivity contribution in [2.75, 3.05) is 0 Å². The van der Waals surface area contributed by atoms with Crippen molar-refractivity contribution in [3.05, 3.63) is 28.8 Å². The number of carboxylic acids is 1. The Bertz CT molecular complexity index is 1060. The van der Waals surface area contributed by atoms with Crippen molar-refractivity contribution in [2.24, 2.45) is 0 Å². The van der Waals surface area contributed by atoms with Crippen LogP contribution in [0.2, 0.25) is 0 Å². The van der Waals surface area contributed by atoms with Gasteiger partial charge >= 0.3 is 25.7 Å². The zero-order valence-electron chi connectivity index (χ0n) is 24.6. The molecule has 0 fully saturated rings. The van der Waals surface area contributed by atoms with E-state index in [0.717, 1.165) is 0 Å². The highest BCUT2D eigenvalue weighted by Gasteiger charge is 2.39. The van der Waals surface area contributed by atoms with Crippen LogP contribution in [-0.2, 0) is 33.3 Å². The molecule has 0 spiro atoms. The van der Waals surface area contributed by atoms with Gasteiger partial charge in [-0.25, -0.2) is 14.2 Å². The number of aliphatic carboxylic acids is 1. The summed E-state index contributed by atoms with van der Waals surface area (Å²) in [4.78, 5) is 38.3. The first-order valence-electron chi connectivity index (χ1n) is 12.5. The molecule has 0 heterocycles. The molecule has 0 aliphatic rings. The monoisotopic (exact) mass is 558 g/mol. The minimum absolute atomic E-state index is 0.0707. The zero-order valence-corrected chi connectivity index (χ0v) is 25.5. The van der Waals surface area contributed by atoms with Crippen LogP contribution in [0.3, 0.4) is 0 Å². The molecule has 1 aromatic rings. The molecule has 0 aliphatic carbocycles. The zero-order chi connectivity index (χ0) is 29.9. The standard InChI is InChI=1S/C27H43O10P/c1-16(2)35-38(32,36-17(3)4)37-20-14-18(23(30)33-25(5,6)7)13-19(24(31)34-26(8,9)10)22(20)27(11,12)15-21(28)29/h13-14,16-17H,15H2,1-12H3,(H,28,29). The van der Waals surface area contributed by atoms with Crippen molar-refractivity contribution >= 4 is 25.7 Å². The van der Waals surface area contributed by atoms with Crippen molar-refractivity contribution in [1.29, 1.82) is 0 Å². The van der Waals surface area contributed by atoms with E-state index in [0.29, 0.717) is 0 Å². The van der Waals surface area contributed by atoms with E-state index >= 15 is 0 Å². The van der Waals surface area contributed by atoms with Gasteiger partial charge in [0.2, 0.25) is 0 Å². The smallest absolute Gasteiger partial charge is 0.481 e. The molecule has 38 heavy (non-hydrogen) atoms. The second-order valence-corrected chi connectivity index (χ2v) is 13.7. The van der Waals surface area contributed by atoms with E-state index in [1.807, 2.05) is 0 Å². The lowest BCUT2D eigenvalue weighted by atomic mass is 9.78. The number of phosphoric acid groups is 1. The highest BCUT2D eigenvalue weighted by molar-refractivity contribution is 7.49. The highest BCUT2D eigenvalue weighted by atomic mass is 31.2. The SMILES string of the molecule is CC(C)OP(=O)(Oc1cc(C(=O)OC(C)(C)C)cc(C(=O)OC(C)(C)C)c1C(C)(C)CC(=O)O)OC(C)C. The van der Waals surface area contributed by atoms with Gasteiger partial charge in [0.05, 0.1) is 29.8 Å². The molecule has 11 heteroatoms. The number of carbonyl (C=O) groups is 3. The predicted molar refractivity (Wildman–Crippen MR) is 143 cm³/mol. The van der Waals surface area contributed by atoms with E-state index in [4.69, 9.17) is 23.0 Å². The average Bonchev–Trinajstić information content (AvgIpc) is 2.61.